The van der Waals surface area contributed by atoms with Crippen molar-refractivity contribution in [3.8, 4) is 0 Å². The van der Waals surface area contributed by atoms with Gasteiger partial charge in [-0.1, -0.05) is 48.9 Å². The second-order valence-corrected chi connectivity index (χ2v) is 33.2. The smallest absolute Gasteiger partial charge is 0.145 e. The van der Waals surface area contributed by atoms with Crippen LogP contribution in [0.1, 0.15) is 0 Å². The zero-order valence-electron chi connectivity index (χ0n) is 27.1. The zero-order valence-corrected chi connectivity index (χ0v) is 43.4. The lowest BCUT2D eigenvalue weighted by molar-refractivity contribution is 0.167. The molecule has 0 saturated heterocycles. The van der Waals surface area contributed by atoms with Crippen molar-refractivity contribution in [1.29, 1.82) is 0 Å². The van der Waals surface area contributed by atoms with Crippen LogP contribution >= 0.6 is 234 Å². The Morgan fingerprint density at radius 3 is 0.519 bits per heavy atom. The van der Waals surface area contributed by atoms with Gasteiger partial charge in [0.25, 0.3) is 0 Å². The van der Waals surface area contributed by atoms with E-state index in [9.17, 15) is 0 Å². The summed E-state index contributed by atoms with van der Waals surface area (Å²) in [5.74, 6) is 7.31. The van der Waals surface area contributed by atoms with Crippen molar-refractivity contribution in [3.05, 3.63) is 12.6 Å². The number of hydrogen-bond donors (Lipinski definition) is 0. The summed E-state index contributed by atoms with van der Waals surface area (Å²) in [6.07, 6.45) is 0. The van der Waals surface area contributed by atoms with Gasteiger partial charge in [0, 0.05) is 46.0 Å². The van der Waals surface area contributed by atoms with E-state index >= 15 is 0 Å². The maximum Gasteiger partial charge on any atom is 0.145 e. The fourth-order valence-corrected chi connectivity index (χ4v) is 27.5. The summed E-state index contributed by atoms with van der Waals surface area (Å²) in [7, 11) is 0. The van der Waals surface area contributed by atoms with Gasteiger partial charge >= 0.3 is 0 Å². The molecule has 0 spiro atoms. The van der Waals surface area contributed by atoms with Crippen molar-refractivity contribution >= 4 is 234 Å². The quantitative estimate of drug-likeness (QED) is 0.157. The van der Waals surface area contributed by atoms with Gasteiger partial charge in [0.05, 0.1) is 86.5 Å². The summed E-state index contributed by atoms with van der Waals surface area (Å²) >= 11 is 50.6. The van der Waals surface area contributed by atoms with Crippen LogP contribution in [0.5, 0.6) is 0 Å². The summed E-state index contributed by atoms with van der Waals surface area (Å²) in [6, 6.07) is 0. The van der Waals surface area contributed by atoms with E-state index in [1.54, 1.807) is 90.7 Å². The van der Waals surface area contributed by atoms with Crippen LogP contribution in [0.25, 0.3) is 0 Å². The van der Waals surface area contributed by atoms with Crippen molar-refractivity contribution in [1.82, 2.24) is 0 Å². The van der Waals surface area contributed by atoms with Crippen LogP contribution in [0.4, 0.5) is 0 Å². The Kier molecular flexibility index (Phi) is 24.8. The molecule has 5 heterocycles. The van der Waals surface area contributed by atoms with E-state index in [4.69, 9.17) is 67.8 Å². The highest BCUT2D eigenvalue weighted by Crippen LogP contribution is 2.44. The molecule has 0 N–H and O–H groups in total. The minimum atomic E-state index is 0.718. The van der Waals surface area contributed by atoms with Crippen molar-refractivity contribution in [2.75, 3.05) is 98.9 Å². The van der Waals surface area contributed by atoms with Crippen LogP contribution < -0.4 is 0 Å². The normalized spacial score (nSPS) is 18.5. The molecule has 0 amide bonds. The van der Waals surface area contributed by atoms with Gasteiger partial charge in [0.2, 0.25) is 0 Å². The zero-order chi connectivity index (χ0) is 36.4. The van der Waals surface area contributed by atoms with Gasteiger partial charge in [-0.25, -0.2) is 0 Å². The van der Waals surface area contributed by atoms with Gasteiger partial charge in [0.15, 0.2) is 0 Å². The lowest BCUT2D eigenvalue weighted by Crippen LogP contribution is -2.02. The van der Waals surface area contributed by atoms with Gasteiger partial charge in [-0.05, 0) is 0 Å². The minimum absolute atomic E-state index is 0.718. The summed E-state index contributed by atoms with van der Waals surface area (Å²) in [5.41, 5.74) is 0. The summed E-state index contributed by atoms with van der Waals surface area (Å²) < 4.78 is 38.3. The molecule has 4 aromatic rings. The van der Waals surface area contributed by atoms with Gasteiger partial charge < -0.3 is 18.9 Å². The van der Waals surface area contributed by atoms with Crippen molar-refractivity contribution in [2.24, 2.45) is 0 Å². The summed E-state index contributed by atoms with van der Waals surface area (Å²) in [4.78, 5) is 0. The molecule has 0 bridgehead atoms. The molecule has 0 unspecified atom stereocenters. The highest BCUT2D eigenvalue weighted by atomic mass is 32.2. The van der Waals surface area contributed by atoms with Crippen molar-refractivity contribution < 1.29 is 18.9 Å². The largest absolute Gasteiger partial charge is 0.380 e. The Hall–Kier alpha value is 3.72. The van der Waals surface area contributed by atoms with Crippen LogP contribution in [-0.2, 0) is 18.9 Å². The first-order valence-corrected chi connectivity index (χ1v) is 31.4. The summed E-state index contributed by atoms with van der Waals surface area (Å²) in [5, 5.41) is 0. The Labute approximate surface area is 391 Å². The van der Waals surface area contributed by atoms with E-state index in [1.165, 1.54) is 33.7 Å². The molecule has 0 saturated carbocycles. The SMILES string of the molecule is S=c1sc2c(s1)SCCOCCSc1sc(=S)sc1SCCOCCSc1sc(=S)sc1SCCOCCSc1sc(=S)sc1SCCOCCS2. The topological polar surface area (TPSA) is 36.9 Å². The lowest BCUT2D eigenvalue weighted by Gasteiger charge is -2.07. The van der Waals surface area contributed by atoms with E-state index in [0.717, 1.165) is 111 Å². The van der Waals surface area contributed by atoms with Gasteiger partial charge in [-0.2, -0.15) is 0 Å². The van der Waals surface area contributed by atoms with E-state index in [2.05, 4.69) is 0 Å². The number of ether oxygens (including phenoxy) is 4. The molecule has 1 aliphatic heterocycles. The first-order valence-electron chi connectivity index (χ1n) is 15.3. The number of rotatable bonds is 0. The molecule has 288 valence electrons. The molecular formula is C28H32O4S20. The molecule has 4 nitrogen and oxygen atoms in total. The number of fused-ring (bicyclic) bond motifs is 4. The first kappa shape index (κ1) is 46.8. The Balaban J connectivity index is 1.10. The Morgan fingerprint density at radius 2 is 0.385 bits per heavy atom. The third-order valence-electron chi connectivity index (χ3n) is 5.76. The maximum absolute atomic E-state index is 6.01. The standard InChI is InChI=1S/C28H32O4S20/c33-25-45-17-18(46-25)39-11-3-30-5-13-41-21-22(50-27(35)49-21)43-15-7-32-8-16-44-24-23(51-28(36)52-24)42-14-6-31-4-12-40-20-19(47-26(34)48-20)38-10-2-29-1-9-37-17/h1-16H2. The predicted molar refractivity (Wildman–Crippen MR) is 261 cm³/mol. The average Bonchev–Trinajstić information content (AvgIpc) is 3.87. The molecule has 1 aliphatic rings. The number of thioether (sulfide) groups is 8. The summed E-state index contributed by atoms with van der Waals surface area (Å²) in [6.45, 7) is 5.74. The van der Waals surface area contributed by atoms with Crippen LogP contribution in [0, 0.1) is 12.6 Å². The highest BCUT2D eigenvalue weighted by molar-refractivity contribution is 8.07. The molecule has 0 radical (unpaired) electrons. The minimum Gasteiger partial charge on any atom is -0.380 e. The van der Waals surface area contributed by atoms with Crippen molar-refractivity contribution in [3.63, 3.8) is 0 Å². The third kappa shape index (κ3) is 17.7. The first-order chi connectivity index (χ1) is 25.4. The second-order valence-electron chi connectivity index (χ2n) is 9.35. The molecule has 0 aliphatic carbocycles. The van der Waals surface area contributed by atoms with Crippen LogP contribution in [0.3, 0.4) is 0 Å². The third-order valence-corrected chi connectivity index (χ3v) is 27.8. The van der Waals surface area contributed by atoms with Crippen LogP contribution in [0.2, 0.25) is 0 Å². The van der Waals surface area contributed by atoms with Gasteiger partial charge in [-0.15, -0.1) is 185 Å². The fraction of sp³-hybridized carbons (Fsp3) is 0.571. The van der Waals surface area contributed by atoms with E-state index in [1.807, 2.05) is 94.1 Å². The fourth-order valence-electron chi connectivity index (χ4n) is 3.68. The van der Waals surface area contributed by atoms with E-state index in [-0.39, 0.29) is 0 Å². The van der Waals surface area contributed by atoms with E-state index < -0.39 is 0 Å². The van der Waals surface area contributed by atoms with Gasteiger partial charge in [-0.3, -0.25) is 0 Å². The average molecular weight is 1070 g/mol. The molecular weight excluding hydrogens is 1040 g/mol. The monoisotopic (exact) mass is 1070 g/mol. The molecule has 4 aromatic heterocycles. The Bertz CT molecular complexity index is 1460. The molecule has 52 heavy (non-hydrogen) atoms. The molecule has 0 atom stereocenters. The second kappa shape index (κ2) is 27.5. The van der Waals surface area contributed by atoms with Crippen molar-refractivity contribution in [2.45, 2.75) is 33.7 Å². The predicted octanol–water partition coefficient (Wildman–Crippen LogP) is 15.0. The molecule has 0 aromatic carbocycles. The molecule has 5 rings (SSSR count). The Morgan fingerprint density at radius 1 is 0.250 bits per heavy atom. The van der Waals surface area contributed by atoms with E-state index in [0.29, 0.717) is 0 Å². The van der Waals surface area contributed by atoms with Crippen LogP contribution in [0.15, 0.2) is 33.7 Å². The molecule has 0 fully saturated rings. The lowest BCUT2D eigenvalue weighted by atomic mass is 10.8. The number of hydrogen-bond acceptors (Lipinski definition) is 24. The maximum atomic E-state index is 6.01. The van der Waals surface area contributed by atoms with Gasteiger partial charge in [0.1, 0.15) is 12.6 Å². The molecule has 24 heteroatoms. The highest BCUT2D eigenvalue weighted by Gasteiger charge is 2.13. The van der Waals surface area contributed by atoms with Crippen LogP contribution in [-0.4, -0.2) is 98.9 Å².